The maximum absolute atomic E-state index is 9.09. The van der Waals surface area contributed by atoms with Gasteiger partial charge in [0.15, 0.2) is 0 Å². The minimum atomic E-state index is 0.473. The zero-order valence-corrected chi connectivity index (χ0v) is 9.51. The van der Waals surface area contributed by atoms with Crippen LogP contribution >= 0.6 is 12.2 Å². The molecule has 16 heavy (non-hydrogen) atoms. The second kappa shape index (κ2) is 4.25. The van der Waals surface area contributed by atoms with E-state index in [2.05, 4.69) is 16.0 Å². The van der Waals surface area contributed by atoms with Gasteiger partial charge < -0.3 is 4.98 Å². The largest absolute Gasteiger partial charge is 0.349 e. The van der Waals surface area contributed by atoms with E-state index in [0.29, 0.717) is 10.2 Å². The van der Waals surface area contributed by atoms with Crippen LogP contribution in [0.1, 0.15) is 11.3 Å². The molecule has 0 saturated carbocycles. The first-order valence-electron chi connectivity index (χ1n) is 4.77. The summed E-state index contributed by atoms with van der Waals surface area (Å²) in [7, 11) is 0. The summed E-state index contributed by atoms with van der Waals surface area (Å²) in [6, 6.07) is 7.79. The SMILES string of the molecule is Cc1cc(-c2cccnc2)c(C#N)c(=S)[nH]1. The van der Waals surface area contributed by atoms with E-state index < -0.39 is 0 Å². The van der Waals surface area contributed by atoms with Crippen molar-refractivity contribution in [3.05, 3.63) is 46.5 Å². The third kappa shape index (κ3) is 1.86. The lowest BCUT2D eigenvalue weighted by molar-refractivity contribution is 1.17. The minimum Gasteiger partial charge on any atom is -0.349 e. The van der Waals surface area contributed by atoms with Gasteiger partial charge in [0, 0.05) is 29.2 Å². The van der Waals surface area contributed by atoms with Gasteiger partial charge in [-0.3, -0.25) is 4.98 Å². The van der Waals surface area contributed by atoms with Crippen molar-refractivity contribution in [2.45, 2.75) is 6.92 Å². The Morgan fingerprint density at radius 2 is 2.31 bits per heavy atom. The molecule has 0 fully saturated rings. The van der Waals surface area contributed by atoms with Crippen LogP contribution in [0.15, 0.2) is 30.6 Å². The molecule has 0 atom stereocenters. The summed E-state index contributed by atoms with van der Waals surface area (Å²) in [6.07, 6.45) is 3.43. The van der Waals surface area contributed by atoms with Gasteiger partial charge in [-0.25, -0.2) is 0 Å². The monoisotopic (exact) mass is 227 g/mol. The van der Waals surface area contributed by atoms with Gasteiger partial charge in [-0.1, -0.05) is 18.3 Å². The van der Waals surface area contributed by atoms with Gasteiger partial charge in [0.2, 0.25) is 0 Å². The van der Waals surface area contributed by atoms with Crippen LogP contribution in [-0.4, -0.2) is 9.97 Å². The van der Waals surface area contributed by atoms with E-state index in [4.69, 9.17) is 17.5 Å². The van der Waals surface area contributed by atoms with Crippen molar-refractivity contribution >= 4 is 12.2 Å². The molecule has 0 aromatic carbocycles. The topological polar surface area (TPSA) is 52.5 Å². The van der Waals surface area contributed by atoms with Crippen LogP contribution < -0.4 is 0 Å². The lowest BCUT2D eigenvalue weighted by atomic mass is 10.0. The van der Waals surface area contributed by atoms with Crippen molar-refractivity contribution in [1.29, 1.82) is 5.26 Å². The standard InChI is InChI=1S/C12H9N3S/c1-8-5-10(9-3-2-4-14-7-9)11(6-13)12(16)15-8/h2-5,7H,1H3,(H,15,16). The number of aromatic amines is 1. The lowest BCUT2D eigenvalue weighted by Gasteiger charge is -2.05. The summed E-state index contributed by atoms with van der Waals surface area (Å²) in [6.45, 7) is 1.91. The molecule has 2 rings (SSSR count). The van der Waals surface area contributed by atoms with E-state index in [-0.39, 0.29) is 0 Å². The Morgan fingerprint density at radius 3 is 2.94 bits per heavy atom. The molecule has 0 amide bonds. The van der Waals surface area contributed by atoms with Gasteiger partial charge in [0.1, 0.15) is 10.7 Å². The maximum Gasteiger partial charge on any atom is 0.122 e. The number of nitriles is 1. The summed E-state index contributed by atoms with van der Waals surface area (Å²) in [5.41, 5.74) is 3.16. The number of nitrogens with zero attached hydrogens (tertiary/aromatic N) is 2. The molecule has 0 bridgehead atoms. The summed E-state index contributed by atoms with van der Waals surface area (Å²) >= 11 is 5.13. The fourth-order valence-corrected chi connectivity index (χ4v) is 1.87. The summed E-state index contributed by atoms with van der Waals surface area (Å²) in [5.74, 6) is 0. The molecule has 2 heterocycles. The third-order valence-corrected chi connectivity index (χ3v) is 2.56. The Morgan fingerprint density at radius 1 is 1.50 bits per heavy atom. The second-order valence-corrected chi connectivity index (χ2v) is 3.83. The van der Waals surface area contributed by atoms with E-state index in [1.54, 1.807) is 12.4 Å². The Labute approximate surface area is 98.4 Å². The average Bonchev–Trinajstić information content (AvgIpc) is 2.29. The van der Waals surface area contributed by atoms with Gasteiger partial charge in [-0.15, -0.1) is 0 Å². The first-order valence-corrected chi connectivity index (χ1v) is 5.17. The van der Waals surface area contributed by atoms with Gasteiger partial charge in [-0.2, -0.15) is 5.26 Å². The Balaban J connectivity index is 2.75. The fraction of sp³-hybridized carbons (Fsp3) is 0.0833. The summed E-state index contributed by atoms with van der Waals surface area (Å²) < 4.78 is 0.473. The summed E-state index contributed by atoms with van der Waals surface area (Å²) in [4.78, 5) is 7.01. The number of aromatic nitrogens is 2. The smallest absolute Gasteiger partial charge is 0.122 e. The van der Waals surface area contributed by atoms with Crippen LogP contribution in [0.2, 0.25) is 0 Å². The molecule has 0 radical (unpaired) electrons. The molecule has 2 aromatic heterocycles. The zero-order chi connectivity index (χ0) is 11.5. The predicted octanol–water partition coefficient (Wildman–Crippen LogP) is 2.99. The van der Waals surface area contributed by atoms with Crippen molar-refractivity contribution in [1.82, 2.24) is 9.97 Å². The number of H-pyrrole nitrogens is 1. The fourth-order valence-electron chi connectivity index (χ4n) is 1.55. The van der Waals surface area contributed by atoms with Gasteiger partial charge in [0.05, 0.1) is 5.56 Å². The van der Waals surface area contributed by atoms with Crippen molar-refractivity contribution in [3.8, 4) is 17.2 Å². The van der Waals surface area contributed by atoms with Gasteiger partial charge in [0.25, 0.3) is 0 Å². The normalized spacial score (nSPS) is 9.75. The second-order valence-electron chi connectivity index (χ2n) is 3.42. The van der Waals surface area contributed by atoms with Crippen LogP contribution in [0, 0.1) is 22.9 Å². The highest BCUT2D eigenvalue weighted by Gasteiger charge is 2.07. The first-order chi connectivity index (χ1) is 7.72. The molecule has 0 saturated heterocycles. The molecular weight excluding hydrogens is 218 g/mol. The highest BCUT2D eigenvalue weighted by atomic mass is 32.1. The van der Waals surface area contributed by atoms with Crippen LogP contribution in [0.25, 0.3) is 11.1 Å². The van der Waals surface area contributed by atoms with E-state index in [9.17, 15) is 0 Å². The van der Waals surface area contributed by atoms with Crippen molar-refractivity contribution < 1.29 is 0 Å². The predicted molar refractivity (Wildman–Crippen MR) is 64.3 cm³/mol. The highest BCUT2D eigenvalue weighted by molar-refractivity contribution is 7.71. The van der Waals surface area contributed by atoms with E-state index in [1.807, 2.05) is 25.1 Å². The van der Waals surface area contributed by atoms with E-state index in [0.717, 1.165) is 16.8 Å². The van der Waals surface area contributed by atoms with Crippen LogP contribution in [0.3, 0.4) is 0 Å². The van der Waals surface area contributed by atoms with Gasteiger partial charge >= 0.3 is 0 Å². The number of hydrogen-bond donors (Lipinski definition) is 1. The quantitative estimate of drug-likeness (QED) is 0.762. The number of pyridine rings is 2. The molecule has 78 valence electrons. The van der Waals surface area contributed by atoms with Crippen LogP contribution in [0.5, 0.6) is 0 Å². The van der Waals surface area contributed by atoms with Crippen LogP contribution in [-0.2, 0) is 0 Å². The van der Waals surface area contributed by atoms with Crippen molar-refractivity contribution in [2.24, 2.45) is 0 Å². The molecule has 0 spiro atoms. The first kappa shape index (κ1) is 10.5. The van der Waals surface area contributed by atoms with Gasteiger partial charge in [-0.05, 0) is 19.1 Å². The number of aryl methyl sites for hydroxylation is 1. The molecule has 4 heteroatoms. The average molecular weight is 227 g/mol. The van der Waals surface area contributed by atoms with E-state index in [1.165, 1.54) is 0 Å². The van der Waals surface area contributed by atoms with E-state index >= 15 is 0 Å². The third-order valence-electron chi connectivity index (χ3n) is 2.25. The molecule has 0 aliphatic heterocycles. The Bertz CT molecular complexity index is 608. The Hall–Kier alpha value is -1.99. The van der Waals surface area contributed by atoms with Crippen molar-refractivity contribution in [3.63, 3.8) is 0 Å². The lowest BCUT2D eigenvalue weighted by Crippen LogP contribution is -1.92. The van der Waals surface area contributed by atoms with Crippen molar-refractivity contribution in [2.75, 3.05) is 0 Å². The minimum absolute atomic E-state index is 0.473. The molecule has 0 aliphatic carbocycles. The number of hydrogen-bond acceptors (Lipinski definition) is 3. The van der Waals surface area contributed by atoms with Crippen LogP contribution in [0.4, 0.5) is 0 Å². The Kier molecular flexibility index (Phi) is 2.80. The molecule has 0 unspecified atom stereocenters. The zero-order valence-electron chi connectivity index (χ0n) is 8.69. The maximum atomic E-state index is 9.09. The molecule has 3 nitrogen and oxygen atoms in total. The summed E-state index contributed by atoms with van der Waals surface area (Å²) in [5, 5.41) is 9.09. The molecule has 0 aliphatic rings. The number of rotatable bonds is 1. The number of nitrogens with one attached hydrogen (secondary N) is 1. The highest BCUT2D eigenvalue weighted by Crippen LogP contribution is 2.23. The molecule has 2 aromatic rings. The molecule has 1 N–H and O–H groups in total. The molecular formula is C12H9N3S.